The monoisotopic (exact) mass is 200 g/mol. The van der Waals surface area contributed by atoms with Crippen LogP contribution in [0, 0.1) is 0 Å². The first-order chi connectivity index (χ1) is 6.62. The Morgan fingerprint density at radius 1 is 1.43 bits per heavy atom. The van der Waals surface area contributed by atoms with E-state index in [4.69, 9.17) is 5.73 Å². The van der Waals surface area contributed by atoms with Gasteiger partial charge < -0.3 is 16.2 Å². The van der Waals surface area contributed by atoms with Gasteiger partial charge in [-0.25, -0.2) is 0 Å². The van der Waals surface area contributed by atoms with Crippen molar-refractivity contribution in [2.24, 2.45) is 5.73 Å². The fourth-order valence-electron chi connectivity index (χ4n) is 2.07. The second kappa shape index (κ2) is 4.41. The van der Waals surface area contributed by atoms with Gasteiger partial charge in [0.2, 0.25) is 12.3 Å². The maximum absolute atomic E-state index is 10.9. The molecular formula is C9H16N2O3. The minimum atomic E-state index is -1.28. The Hall–Kier alpha value is -1.10. The summed E-state index contributed by atoms with van der Waals surface area (Å²) >= 11 is 0. The van der Waals surface area contributed by atoms with Gasteiger partial charge in [-0.05, 0) is 12.8 Å². The third-order valence-corrected chi connectivity index (χ3v) is 2.89. The standard InChI is InChI=1S/C9H16N2O3/c10-8(14)7(13)9(11-6-12)4-2-1-3-5-9/h6-7,13H,1-5H2,(H2,10,14)(H,11,12). The zero-order chi connectivity index (χ0) is 10.6. The number of carbonyl (C=O) groups excluding carboxylic acids is 2. The van der Waals surface area contributed by atoms with Crippen molar-refractivity contribution in [3.63, 3.8) is 0 Å². The van der Waals surface area contributed by atoms with Crippen LogP contribution in [0.3, 0.4) is 0 Å². The molecule has 1 saturated carbocycles. The molecule has 1 unspecified atom stereocenters. The van der Waals surface area contributed by atoms with Crippen molar-refractivity contribution in [3.05, 3.63) is 0 Å². The van der Waals surface area contributed by atoms with E-state index in [1.165, 1.54) is 0 Å². The molecule has 5 heteroatoms. The average Bonchev–Trinajstić information content (AvgIpc) is 2.18. The molecule has 0 spiro atoms. The van der Waals surface area contributed by atoms with Gasteiger partial charge in [0.1, 0.15) is 0 Å². The Labute approximate surface area is 82.7 Å². The van der Waals surface area contributed by atoms with Gasteiger partial charge >= 0.3 is 0 Å². The van der Waals surface area contributed by atoms with Crippen molar-refractivity contribution in [1.82, 2.24) is 5.32 Å². The molecule has 0 radical (unpaired) electrons. The lowest BCUT2D eigenvalue weighted by molar-refractivity contribution is -0.132. The van der Waals surface area contributed by atoms with E-state index >= 15 is 0 Å². The number of primary amides is 1. The largest absolute Gasteiger partial charge is 0.381 e. The smallest absolute Gasteiger partial charge is 0.248 e. The molecule has 0 aromatic heterocycles. The van der Waals surface area contributed by atoms with E-state index in [-0.39, 0.29) is 0 Å². The molecule has 1 aliphatic rings. The maximum Gasteiger partial charge on any atom is 0.248 e. The molecule has 1 fully saturated rings. The SMILES string of the molecule is NC(=O)C(O)C1(NC=O)CCCCC1. The Balaban J connectivity index is 2.78. The normalized spacial score (nSPS) is 22.4. The molecule has 1 atom stereocenters. The molecular weight excluding hydrogens is 184 g/mol. The first-order valence-electron chi connectivity index (χ1n) is 4.81. The molecule has 0 aliphatic heterocycles. The number of aliphatic hydroxyl groups is 1. The second-order valence-electron chi connectivity index (χ2n) is 3.78. The predicted molar refractivity (Wildman–Crippen MR) is 50.2 cm³/mol. The summed E-state index contributed by atoms with van der Waals surface area (Å²) in [6.45, 7) is 0. The lowest BCUT2D eigenvalue weighted by Crippen LogP contribution is -2.59. The highest BCUT2D eigenvalue weighted by molar-refractivity contribution is 5.80. The first-order valence-corrected chi connectivity index (χ1v) is 4.81. The van der Waals surface area contributed by atoms with Crippen LogP contribution >= 0.6 is 0 Å². The summed E-state index contributed by atoms with van der Waals surface area (Å²) in [5, 5.41) is 12.2. The van der Waals surface area contributed by atoms with Crippen LogP contribution in [0.2, 0.25) is 0 Å². The van der Waals surface area contributed by atoms with E-state index in [1.54, 1.807) is 0 Å². The quantitative estimate of drug-likeness (QED) is 0.523. The summed E-state index contributed by atoms with van der Waals surface area (Å²) in [5.74, 6) is -0.777. The van der Waals surface area contributed by atoms with E-state index in [0.29, 0.717) is 19.3 Å². The number of nitrogens with two attached hydrogens (primary N) is 1. The van der Waals surface area contributed by atoms with Crippen molar-refractivity contribution in [2.75, 3.05) is 0 Å². The molecule has 0 saturated heterocycles. The van der Waals surface area contributed by atoms with E-state index in [9.17, 15) is 14.7 Å². The summed E-state index contributed by atoms with van der Waals surface area (Å²) in [6.07, 6.45) is 3.31. The van der Waals surface area contributed by atoms with Crippen molar-refractivity contribution in [2.45, 2.75) is 43.7 Å². The number of amides is 2. The summed E-state index contributed by atoms with van der Waals surface area (Å²) in [6, 6.07) is 0. The Morgan fingerprint density at radius 3 is 2.43 bits per heavy atom. The minimum Gasteiger partial charge on any atom is -0.381 e. The Kier molecular flexibility index (Phi) is 3.46. The second-order valence-corrected chi connectivity index (χ2v) is 3.78. The van der Waals surface area contributed by atoms with Gasteiger partial charge in [-0.3, -0.25) is 9.59 Å². The minimum absolute atomic E-state index is 0.525. The lowest BCUT2D eigenvalue weighted by atomic mass is 9.77. The van der Waals surface area contributed by atoms with Crippen LogP contribution in [0.15, 0.2) is 0 Å². The van der Waals surface area contributed by atoms with Crippen molar-refractivity contribution in [3.8, 4) is 0 Å². The molecule has 0 aromatic carbocycles. The van der Waals surface area contributed by atoms with Gasteiger partial charge in [0.15, 0.2) is 6.10 Å². The van der Waals surface area contributed by atoms with Gasteiger partial charge in [-0.2, -0.15) is 0 Å². The van der Waals surface area contributed by atoms with Gasteiger partial charge in [0.05, 0.1) is 5.54 Å². The van der Waals surface area contributed by atoms with Crippen LogP contribution in [0.5, 0.6) is 0 Å². The number of nitrogens with one attached hydrogen (secondary N) is 1. The van der Waals surface area contributed by atoms with E-state index < -0.39 is 17.6 Å². The Morgan fingerprint density at radius 2 is 2.00 bits per heavy atom. The van der Waals surface area contributed by atoms with Gasteiger partial charge in [-0.15, -0.1) is 0 Å². The Bertz CT molecular complexity index is 224. The molecule has 14 heavy (non-hydrogen) atoms. The summed E-state index contributed by atoms with van der Waals surface area (Å²) in [7, 11) is 0. The number of hydrogen-bond donors (Lipinski definition) is 3. The lowest BCUT2D eigenvalue weighted by Gasteiger charge is -2.39. The molecule has 2 amide bonds. The van der Waals surface area contributed by atoms with Crippen LogP contribution in [-0.2, 0) is 9.59 Å². The molecule has 0 aromatic rings. The van der Waals surface area contributed by atoms with Gasteiger partial charge in [-0.1, -0.05) is 19.3 Å². The topological polar surface area (TPSA) is 92.4 Å². The van der Waals surface area contributed by atoms with Crippen LogP contribution in [0.1, 0.15) is 32.1 Å². The van der Waals surface area contributed by atoms with Crippen LogP contribution in [-0.4, -0.2) is 29.1 Å². The van der Waals surface area contributed by atoms with Crippen LogP contribution in [0.4, 0.5) is 0 Å². The third kappa shape index (κ3) is 2.04. The average molecular weight is 200 g/mol. The van der Waals surface area contributed by atoms with E-state index in [1.807, 2.05) is 0 Å². The molecule has 4 N–H and O–H groups in total. The van der Waals surface area contributed by atoms with Gasteiger partial charge in [0, 0.05) is 0 Å². The predicted octanol–water partition coefficient (Wildman–Crippen LogP) is -0.719. The zero-order valence-electron chi connectivity index (χ0n) is 8.03. The summed E-state index contributed by atoms with van der Waals surface area (Å²) < 4.78 is 0. The highest BCUT2D eigenvalue weighted by Gasteiger charge is 2.41. The number of aliphatic hydroxyl groups excluding tert-OH is 1. The molecule has 0 bridgehead atoms. The molecule has 1 aliphatic carbocycles. The van der Waals surface area contributed by atoms with Crippen molar-refractivity contribution in [1.29, 1.82) is 0 Å². The molecule has 0 heterocycles. The number of hydrogen-bond acceptors (Lipinski definition) is 3. The number of rotatable bonds is 4. The van der Waals surface area contributed by atoms with Crippen molar-refractivity contribution >= 4 is 12.3 Å². The fourth-order valence-corrected chi connectivity index (χ4v) is 2.07. The molecule has 80 valence electrons. The third-order valence-electron chi connectivity index (χ3n) is 2.89. The highest BCUT2D eigenvalue weighted by Crippen LogP contribution is 2.30. The number of carbonyl (C=O) groups is 2. The molecule has 5 nitrogen and oxygen atoms in total. The zero-order valence-corrected chi connectivity index (χ0v) is 8.03. The van der Waals surface area contributed by atoms with Gasteiger partial charge in [0.25, 0.3) is 0 Å². The summed E-state index contributed by atoms with van der Waals surface area (Å²) in [5.41, 5.74) is 4.21. The fraction of sp³-hybridized carbons (Fsp3) is 0.778. The van der Waals surface area contributed by atoms with E-state index in [2.05, 4.69) is 5.32 Å². The van der Waals surface area contributed by atoms with E-state index in [0.717, 1.165) is 19.3 Å². The maximum atomic E-state index is 10.9. The van der Waals surface area contributed by atoms with Crippen LogP contribution < -0.4 is 11.1 Å². The first kappa shape index (κ1) is 11.0. The van der Waals surface area contributed by atoms with Crippen LogP contribution in [0.25, 0.3) is 0 Å². The summed E-state index contributed by atoms with van der Waals surface area (Å²) in [4.78, 5) is 21.3. The molecule has 1 rings (SSSR count). The van der Waals surface area contributed by atoms with Crippen molar-refractivity contribution < 1.29 is 14.7 Å². The highest BCUT2D eigenvalue weighted by atomic mass is 16.3.